The van der Waals surface area contributed by atoms with Crippen LogP contribution < -0.4 is 4.74 Å². The summed E-state index contributed by atoms with van der Waals surface area (Å²) >= 11 is 4.97. The van der Waals surface area contributed by atoms with Gasteiger partial charge in [0.1, 0.15) is 16.2 Å². The smallest absolute Gasteiger partial charge is 0.406 e. The van der Waals surface area contributed by atoms with Gasteiger partial charge in [0.2, 0.25) is 0 Å². The summed E-state index contributed by atoms with van der Waals surface area (Å²) < 4.78 is 40.7. The highest BCUT2D eigenvalue weighted by atomic mass is 32.1. The van der Waals surface area contributed by atoms with Crippen LogP contribution >= 0.6 is 12.2 Å². The zero-order valence-electron chi connectivity index (χ0n) is 9.78. The monoisotopic (exact) mass is 286 g/mol. The third kappa shape index (κ3) is 3.78. The number of benzene rings is 1. The van der Waals surface area contributed by atoms with Crippen LogP contribution in [0.15, 0.2) is 30.3 Å². The van der Waals surface area contributed by atoms with Crippen LogP contribution in [0, 0.1) is 11.6 Å². The molecule has 0 aliphatic rings. The normalized spacial score (nSPS) is 11.4. The number of hydrogen-bond donors (Lipinski definition) is 1. The molecule has 0 aliphatic heterocycles. The number of ether oxygens (including phenoxy) is 1. The fraction of sp³-hybridized carbons (Fsp3) is 0.167. The number of nitrogens with one attached hydrogen (secondary N) is 1. The highest BCUT2D eigenvalue weighted by Gasteiger charge is 2.31. The predicted molar refractivity (Wildman–Crippen MR) is 66.3 cm³/mol. The molecule has 7 heteroatoms. The van der Waals surface area contributed by atoms with Crippen molar-refractivity contribution in [1.82, 2.24) is 9.97 Å². The van der Waals surface area contributed by atoms with E-state index >= 15 is 0 Å². The minimum atomic E-state index is -4.71. The molecule has 0 saturated carbocycles. The number of H-pyrrole nitrogens is 1. The summed E-state index contributed by atoms with van der Waals surface area (Å²) in [6.45, 7) is 1.72. The van der Waals surface area contributed by atoms with Crippen molar-refractivity contribution in [3.8, 4) is 17.0 Å². The van der Waals surface area contributed by atoms with E-state index in [9.17, 15) is 13.2 Å². The van der Waals surface area contributed by atoms with Crippen molar-refractivity contribution < 1.29 is 17.9 Å². The minimum absolute atomic E-state index is 0.279. The molecule has 1 aromatic carbocycles. The molecular weight excluding hydrogens is 277 g/mol. The highest BCUT2D eigenvalue weighted by molar-refractivity contribution is 7.71. The van der Waals surface area contributed by atoms with Crippen LogP contribution in [0.4, 0.5) is 13.2 Å². The molecule has 0 spiro atoms. The quantitative estimate of drug-likeness (QED) is 0.847. The Balaban J connectivity index is 2.40. The van der Waals surface area contributed by atoms with E-state index in [0.717, 1.165) is 0 Å². The molecule has 0 amide bonds. The summed E-state index contributed by atoms with van der Waals surface area (Å²) in [5, 5.41) is 0. The van der Waals surface area contributed by atoms with Crippen molar-refractivity contribution in [2.75, 3.05) is 0 Å². The first-order valence-electron chi connectivity index (χ1n) is 5.28. The SMILES string of the molecule is Cc1nc(=S)cc(-c2cccc(OC(F)(F)F)c2)[nH]1. The van der Waals surface area contributed by atoms with Crippen molar-refractivity contribution >= 4 is 12.2 Å². The molecule has 3 nitrogen and oxygen atoms in total. The van der Waals surface area contributed by atoms with Crippen LogP contribution in [0.2, 0.25) is 0 Å². The Morgan fingerprint density at radius 2 is 2.00 bits per heavy atom. The van der Waals surface area contributed by atoms with Gasteiger partial charge in [-0.2, -0.15) is 0 Å². The Bertz CT molecular complexity index is 652. The van der Waals surface area contributed by atoms with Crippen LogP contribution in [0.3, 0.4) is 0 Å². The first-order chi connectivity index (χ1) is 8.83. The maximum absolute atomic E-state index is 12.1. The highest BCUT2D eigenvalue weighted by Crippen LogP contribution is 2.27. The van der Waals surface area contributed by atoms with Crippen LogP contribution in [0.25, 0.3) is 11.3 Å². The fourth-order valence-electron chi connectivity index (χ4n) is 1.60. The predicted octanol–water partition coefficient (Wildman–Crippen LogP) is 4.01. The Labute approximate surface area is 112 Å². The zero-order valence-corrected chi connectivity index (χ0v) is 10.6. The van der Waals surface area contributed by atoms with Gasteiger partial charge in [0, 0.05) is 11.3 Å². The summed E-state index contributed by atoms with van der Waals surface area (Å²) in [5.41, 5.74) is 1.13. The second-order valence-corrected chi connectivity index (χ2v) is 4.21. The molecule has 0 atom stereocenters. The molecular formula is C12H9F3N2OS. The number of aromatic nitrogens is 2. The summed E-state index contributed by atoms with van der Waals surface area (Å²) in [5.74, 6) is 0.309. The molecule has 2 aromatic rings. The minimum Gasteiger partial charge on any atom is -0.406 e. The van der Waals surface area contributed by atoms with E-state index in [2.05, 4.69) is 14.7 Å². The van der Waals surface area contributed by atoms with Gasteiger partial charge in [-0.15, -0.1) is 13.2 Å². The van der Waals surface area contributed by atoms with Gasteiger partial charge < -0.3 is 9.72 Å². The average molecular weight is 286 g/mol. The molecule has 0 fully saturated rings. The fourth-order valence-corrected chi connectivity index (χ4v) is 1.85. The first kappa shape index (κ1) is 13.5. The molecule has 19 heavy (non-hydrogen) atoms. The number of aromatic amines is 1. The number of halogens is 3. The van der Waals surface area contributed by atoms with Crippen LogP contribution in [-0.2, 0) is 0 Å². The molecule has 1 N–H and O–H groups in total. The van der Waals surface area contributed by atoms with E-state index < -0.39 is 6.36 Å². The van der Waals surface area contributed by atoms with Crippen molar-refractivity contribution in [2.24, 2.45) is 0 Å². The largest absolute Gasteiger partial charge is 0.573 e. The lowest BCUT2D eigenvalue weighted by Gasteiger charge is -2.10. The summed E-state index contributed by atoms with van der Waals surface area (Å²) in [6, 6.07) is 7.23. The number of hydrogen-bond acceptors (Lipinski definition) is 3. The van der Waals surface area contributed by atoms with Crippen LogP contribution in [-0.4, -0.2) is 16.3 Å². The van der Waals surface area contributed by atoms with Gasteiger partial charge in [-0.3, -0.25) is 0 Å². The molecule has 0 unspecified atom stereocenters. The maximum atomic E-state index is 12.1. The lowest BCUT2D eigenvalue weighted by molar-refractivity contribution is -0.274. The second-order valence-electron chi connectivity index (χ2n) is 3.79. The standard InChI is InChI=1S/C12H9F3N2OS/c1-7-16-10(6-11(19)17-7)8-3-2-4-9(5-8)18-12(13,14)15/h2-6H,1H3,(H,16,17,19). The average Bonchev–Trinajstić information content (AvgIpc) is 2.25. The van der Waals surface area contributed by atoms with Gasteiger partial charge in [-0.05, 0) is 25.1 Å². The third-order valence-electron chi connectivity index (χ3n) is 2.24. The van der Waals surface area contributed by atoms with E-state index in [4.69, 9.17) is 12.2 Å². The third-order valence-corrected chi connectivity index (χ3v) is 2.45. The van der Waals surface area contributed by atoms with Gasteiger partial charge in [0.25, 0.3) is 0 Å². The van der Waals surface area contributed by atoms with Crippen molar-refractivity contribution in [3.05, 3.63) is 40.8 Å². The Hall–Kier alpha value is -1.89. The van der Waals surface area contributed by atoms with Crippen molar-refractivity contribution in [3.63, 3.8) is 0 Å². The first-order valence-corrected chi connectivity index (χ1v) is 5.68. The Morgan fingerprint density at radius 3 is 2.63 bits per heavy atom. The topological polar surface area (TPSA) is 37.9 Å². The number of alkyl halides is 3. The molecule has 0 saturated heterocycles. The summed E-state index contributed by atoms with van der Waals surface area (Å²) in [7, 11) is 0. The van der Waals surface area contributed by atoms with Gasteiger partial charge in [-0.25, -0.2) is 4.98 Å². The van der Waals surface area contributed by atoms with Crippen LogP contribution in [0.5, 0.6) is 5.75 Å². The lowest BCUT2D eigenvalue weighted by Crippen LogP contribution is -2.17. The van der Waals surface area contributed by atoms with E-state index in [1.165, 1.54) is 18.2 Å². The van der Waals surface area contributed by atoms with Gasteiger partial charge in [0.15, 0.2) is 0 Å². The van der Waals surface area contributed by atoms with Crippen molar-refractivity contribution in [1.29, 1.82) is 0 Å². The molecule has 0 aliphatic carbocycles. The Morgan fingerprint density at radius 1 is 1.26 bits per heavy atom. The van der Waals surface area contributed by atoms with E-state index in [1.807, 2.05) is 0 Å². The summed E-state index contributed by atoms with van der Waals surface area (Å²) in [4.78, 5) is 6.93. The zero-order chi connectivity index (χ0) is 14.0. The van der Waals surface area contributed by atoms with E-state index in [1.54, 1.807) is 19.1 Å². The Kier molecular flexibility index (Phi) is 3.57. The van der Waals surface area contributed by atoms with Gasteiger partial charge in [-0.1, -0.05) is 24.4 Å². The second kappa shape index (κ2) is 5.00. The number of aryl methyl sites for hydroxylation is 1. The molecule has 100 valence electrons. The number of rotatable bonds is 2. The van der Waals surface area contributed by atoms with Gasteiger partial charge >= 0.3 is 6.36 Å². The number of nitrogens with zero attached hydrogens (tertiary/aromatic N) is 1. The molecule has 2 rings (SSSR count). The molecule has 0 radical (unpaired) electrons. The van der Waals surface area contributed by atoms with Crippen molar-refractivity contribution in [2.45, 2.75) is 13.3 Å². The molecule has 1 aromatic heterocycles. The van der Waals surface area contributed by atoms with Crippen LogP contribution in [0.1, 0.15) is 5.82 Å². The molecule has 0 bridgehead atoms. The van der Waals surface area contributed by atoms with Gasteiger partial charge in [0.05, 0.1) is 0 Å². The lowest BCUT2D eigenvalue weighted by atomic mass is 10.1. The summed E-state index contributed by atoms with van der Waals surface area (Å²) in [6.07, 6.45) is -4.71. The maximum Gasteiger partial charge on any atom is 0.573 e. The molecule has 1 heterocycles. The van der Waals surface area contributed by atoms with E-state index in [-0.39, 0.29) is 5.75 Å². The van der Waals surface area contributed by atoms with E-state index in [0.29, 0.717) is 21.7 Å².